The largest absolute Gasteiger partial charge is 0.374 e. The Bertz CT molecular complexity index is 710. The van der Waals surface area contributed by atoms with Gasteiger partial charge in [0.15, 0.2) is 0 Å². The first-order valence-corrected chi connectivity index (χ1v) is 8.09. The molecule has 1 N–H and O–H groups in total. The topological polar surface area (TPSA) is 57.6 Å². The molecule has 0 aliphatic rings. The van der Waals surface area contributed by atoms with Crippen molar-refractivity contribution < 1.29 is 13.0 Å². The van der Waals surface area contributed by atoms with Gasteiger partial charge in [-0.2, -0.15) is 8.42 Å². The molecule has 0 heterocycles. The molecular weight excluding hydrogens is 274 g/mol. The van der Waals surface area contributed by atoms with Crippen LogP contribution in [0.15, 0.2) is 41.3 Å². The van der Waals surface area contributed by atoms with Crippen LogP contribution in [0.2, 0.25) is 0 Å². The third-order valence-electron chi connectivity index (χ3n) is 3.40. The molecule has 20 heavy (non-hydrogen) atoms. The second kappa shape index (κ2) is 5.81. The minimum absolute atomic E-state index is 0.0410. The van der Waals surface area contributed by atoms with Gasteiger partial charge in [0.2, 0.25) is 0 Å². The van der Waals surface area contributed by atoms with Gasteiger partial charge in [-0.1, -0.05) is 37.6 Å². The van der Waals surface area contributed by atoms with Gasteiger partial charge >= 0.3 is 0 Å². The summed E-state index contributed by atoms with van der Waals surface area (Å²) >= 11 is 0. The Hall–Kier alpha value is -1.59. The van der Waals surface area contributed by atoms with Crippen LogP contribution in [-0.2, 0) is 10.1 Å². The van der Waals surface area contributed by atoms with Crippen LogP contribution in [0.25, 0.3) is 10.8 Å². The Morgan fingerprint density at radius 3 is 2.40 bits per heavy atom. The molecule has 0 aliphatic carbocycles. The number of hydrogen-bond acceptors (Lipinski definition) is 3. The van der Waals surface area contributed by atoms with Crippen molar-refractivity contribution in [1.29, 1.82) is 0 Å². The molecule has 4 nitrogen and oxygen atoms in total. The average Bonchev–Trinajstić information content (AvgIpc) is 2.42. The predicted octanol–water partition coefficient (Wildman–Crippen LogP) is 3.32. The fraction of sp³-hybridized carbons (Fsp3) is 0.333. The minimum atomic E-state index is -4.21. The molecule has 108 valence electrons. The Balaban J connectivity index is 2.59. The van der Waals surface area contributed by atoms with Gasteiger partial charge in [-0.3, -0.25) is 4.55 Å². The highest BCUT2D eigenvalue weighted by Gasteiger charge is 2.15. The molecule has 2 rings (SSSR count). The van der Waals surface area contributed by atoms with E-state index >= 15 is 0 Å². The first-order chi connectivity index (χ1) is 9.45. The van der Waals surface area contributed by atoms with Crippen LogP contribution < -0.4 is 4.90 Å². The summed E-state index contributed by atoms with van der Waals surface area (Å²) in [5, 5.41) is 1.39. The summed E-state index contributed by atoms with van der Waals surface area (Å²) in [6.07, 6.45) is 2.18. The van der Waals surface area contributed by atoms with E-state index in [-0.39, 0.29) is 4.90 Å². The number of hydrogen-bond donors (Lipinski definition) is 1. The SMILES string of the molecule is CCCCN(C)c1cccc2c(S(=O)(=O)O)cccc12. The summed E-state index contributed by atoms with van der Waals surface area (Å²) in [5.74, 6) is 0. The quantitative estimate of drug-likeness (QED) is 0.859. The first kappa shape index (κ1) is 14.8. The highest BCUT2D eigenvalue weighted by molar-refractivity contribution is 7.86. The van der Waals surface area contributed by atoms with E-state index in [4.69, 9.17) is 0 Å². The lowest BCUT2D eigenvalue weighted by Gasteiger charge is -2.21. The van der Waals surface area contributed by atoms with Crippen molar-refractivity contribution in [1.82, 2.24) is 0 Å². The lowest BCUT2D eigenvalue weighted by atomic mass is 10.1. The van der Waals surface area contributed by atoms with Crippen LogP contribution in [0, 0.1) is 0 Å². The fourth-order valence-electron chi connectivity index (χ4n) is 2.34. The highest BCUT2D eigenvalue weighted by atomic mass is 32.2. The number of nitrogens with zero attached hydrogens (tertiary/aromatic N) is 1. The van der Waals surface area contributed by atoms with Gasteiger partial charge in [-0.05, 0) is 18.6 Å². The van der Waals surface area contributed by atoms with Gasteiger partial charge in [0.05, 0.1) is 0 Å². The predicted molar refractivity (Wildman–Crippen MR) is 81.9 cm³/mol. The summed E-state index contributed by atoms with van der Waals surface area (Å²) < 4.78 is 32.2. The van der Waals surface area contributed by atoms with Crippen LogP contribution in [0.4, 0.5) is 5.69 Å². The van der Waals surface area contributed by atoms with Crippen molar-refractivity contribution in [2.75, 3.05) is 18.5 Å². The second-order valence-corrected chi connectivity index (χ2v) is 6.27. The molecule has 0 bridgehead atoms. The maximum absolute atomic E-state index is 11.4. The molecule has 0 radical (unpaired) electrons. The average molecular weight is 293 g/mol. The number of unbranched alkanes of at least 4 members (excludes halogenated alkanes) is 1. The van der Waals surface area contributed by atoms with E-state index in [2.05, 4.69) is 11.8 Å². The van der Waals surface area contributed by atoms with E-state index in [1.165, 1.54) is 6.07 Å². The molecule has 0 unspecified atom stereocenters. The van der Waals surface area contributed by atoms with Crippen LogP contribution in [0.3, 0.4) is 0 Å². The number of rotatable bonds is 5. The molecule has 0 aliphatic heterocycles. The van der Waals surface area contributed by atoms with Gasteiger partial charge in [-0.25, -0.2) is 0 Å². The first-order valence-electron chi connectivity index (χ1n) is 6.65. The molecule has 5 heteroatoms. The molecule has 0 saturated heterocycles. The van der Waals surface area contributed by atoms with Gasteiger partial charge in [-0.15, -0.1) is 0 Å². The zero-order valence-electron chi connectivity index (χ0n) is 11.7. The van der Waals surface area contributed by atoms with Crippen molar-refractivity contribution >= 4 is 26.6 Å². The molecule has 0 atom stereocenters. The second-order valence-electron chi connectivity index (χ2n) is 4.88. The zero-order chi connectivity index (χ0) is 14.8. The van der Waals surface area contributed by atoms with Crippen LogP contribution in [0.5, 0.6) is 0 Å². The fourth-order valence-corrected chi connectivity index (χ4v) is 3.04. The number of anilines is 1. The summed E-state index contributed by atoms with van der Waals surface area (Å²) in [4.78, 5) is 2.07. The van der Waals surface area contributed by atoms with Crippen molar-refractivity contribution in [3.8, 4) is 0 Å². The molecule has 0 amide bonds. The normalized spacial score (nSPS) is 11.8. The van der Waals surface area contributed by atoms with E-state index in [0.717, 1.165) is 30.5 Å². The Kier molecular flexibility index (Phi) is 4.30. The molecule has 0 fully saturated rings. The maximum atomic E-state index is 11.4. The zero-order valence-corrected chi connectivity index (χ0v) is 12.5. The highest BCUT2D eigenvalue weighted by Crippen LogP contribution is 2.30. The van der Waals surface area contributed by atoms with Crippen LogP contribution in [0.1, 0.15) is 19.8 Å². The van der Waals surface area contributed by atoms with Crippen molar-refractivity contribution in [3.05, 3.63) is 36.4 Å². The lowest BCUT2D eigenvalue weighted by Crippen LogP contribution is -2.18. The molecule has 2 aromatic rings. The molecule has 0 aromatic heterocycles. The number of benzene rings is 2. The van der Waals surface area contributed by atoms with Crippen molar-refractivity contribution in [2.24, 2.45) is 0 Å². The van der Waals surface area contributed by atoms with Gasteiger partial charge in [0, 0.05) is 30.1 Å². The third-order valence-corrected chi connectivity index (χ3v) is 4.31. The van der Waals surface area contributed by atoms with Gasteiger partial charge < -0.3 is 4.90 Å². The summed E-state index contributed by atoms with van der Waals surface area (Å²) in [7, 11) is -2.22. The Labute approximate surface area is 119 Å². The summed E-state index contributed by atoms with van der Waals surface area (Å²) in [6.45, 7) is 3.04. The monoisotopic (exact) mass is 293 g/mol. The Morgan fingerprint density at radius 2 is 1.75 bits per heavy atom. The van der Waals surface area contributed by atoms with E-state index in [9.17, 15) is 13.0 Å². The number of fused-ring (bicyclic) bond motifs is 1. The molecule has 2 aromatic carbocycles. The Morgan fingerprint density at radius 1 is 1.10 bits per heavy atom. The van der Waals surface area contributed by atoms with E-state index in [0.29, 0.717) is 5.39 Å². The smallest absolute Gasteiger partial charge is 0.295 e. The van der Waals surface area contributed by atoms with E-state index in [1.807, 2.05) is 25.2 Å². The summed E-state index contributed by atoms with van der Waals surface area (Å²) in [6, 6.07) is 10.5. The summed E-state index contributed by atoms with van der Waals surface area (Å²) in [5.41, 5.74) is 0.974. The van der Waals surface area contributed by atoms with E-state index in [1.54, 1.807) is 12.1 Å². The standard InChI is InChI=1S/C15H19NO3S/c1-3-4-11-16(2)14-9-5-8-13-12(14)7-6-10-15(13)20(17,18)19/h5-10H,3-4,11H2,1-2H3,(H,17,18,19). The maximum Gasteiger partial charge on any atom is 0.295 e. The minimum Gasteiger partial charge on any atom is -0.374 e. The van der Waals surface area contributed by atoms with Crippen LogP contribution in [-0.4, -0.2) is 26.6 Å². The molecule has 0 saturated carbocycles. The van der Waals surface area contributed by atoms with Crippen molar-refractivity contribution in [3.63, 3.8) is 0 Å². The van der Waals surface area contributed by atoms with Gasteiger partial charge in [0.1, 0.15) is 4.90 Å². The molecular formula is C15H19NO3S. The van der Waals surface area contributed by atoms with Crippen molar-refractivity contribution in [2.45, 2.75) is 24.7 Å². The van der Waals surface area contributed by atoms with Gasteiger partial charge in [0.25, 0.3) is 10.1 Å². The van der Waals surface area contributed by atoms with E-state index < -0.39 is 10.1 Å². The molecule has 0 spiro atoms. The van der Waals surface area contributed by atoms with Crippen LogP contribution >= 0.6 is 0 Å². The third kappa shape index (κ3) is 2.94. The lowest BCUT2D eigenvalue weighted by molar-refractivity contribution is 0.484.